The van der Waals surface area contributed by atoms with Crippen molar-refractivity contribution in [1.82, 2.24) is 0 Å². The molecule has 1 heterocycles. The maximum Gasteiger partial charge on any atom is 0.0651 e. The van der Waals surface area contributed by atoms with Crippen molar-refractivity contribution in [2.75, 3.05) is 0 Å². The fraction of sp³-hybridized carbons (Fsp3) is 0.636. The highest BCUT2D eigenvalue weighted by molar-refractivity contribution is 7.09. The van der Waals surface area contributed by atoms with Crippen LogP contribution in [0.4, 0.5) is 0 Å². The van der Waals surface area contributed by atoms with Gasteiger partial charge in [-0.05, 0) is 50.0 Å². The van der Waals surface area contributed by atoms with Gasteiger partial charge in [0.1, 0.15) is 0 Å². The fourth-order valence-corrected chi connectivity index (χ4v) is 2.45. The Hall–Kier alpha value is -0.340. The summed E-state index contributed by atoms with van der Waals surface area (Å²) in [7, 11) is 0. The standard InChI is InChI=1S/C11H16OS/c1-11(12,9-4-5-9)7-6-10-3-2-8-13-10/h2-3,8-9,12H,4-7H2,1H3. The summed E-state index contributed by atoms with van der Waals surface area (Å²) < 4.78 is 0. The van der Waals surface area contributed by atoms with Crippen molar-refractivity contribution in [3.8, 4) is 0 Å². The van der Waals surface area contributed by atoms with E-state index in [4.69, 9.17) is 0 Å². The molecule has 72 valence electrons. The Kier molecular flexibility index (Phi) is 2.43. The zero-order valence-corrected chi connectivity index (χ0v) is 8.81. The van der Waals surface area contributed by atoms with Crippen LogP contribution >= 0.6 is 11.3 Å². The normalized spacial score (nSPS) is 21.4. The molecule has 1 fully saturated rings. The molecule has 1 aliphatic rings. The number of aliphatic hydroxyl groups is 1. The Morgan fingerprint density at radius 2 is 2.38 bits per heavy atom. The van der Waals surface area contributed by atoms with Gasteiger partial charge in [0, 0.05) is 4.88 Å². The molecule has 0 aromatic carbocycles. The molecule has 1 aliphatic carbocycles. The highest BCUT2D eigenvalue weighted by Gasteiger charge is 2.39. The van der Waals surface area contributed by atoms with Crippen LogP contribution < -0.4 is 0 Å². The Balaban J connectivity index is 1.84. The van der Waals surface area contributed by atoms with Crippen LogP contribution in [0.5, 0.6) is 0 Å². The summed E-state index contributed by atoms with van der Waals surface area (Å²) >= 11 is 1.78. The van der Waals surface area contributed by atoms with Crippen LogP contribution in [0.2, 0.25) is 0 Å². The highest BCUT2D eigenvalue weighted by atomic mass is 32.1. The summed E-state index contributed by atoms with van der Waals surface area (Å²) in [5, 5.41) is 12.2. The van der Waals surface area contributed by atoms with Crippen LogP contribution in [0.1, 0.15) is 31.1 Å². The van der Waals surface area contributed by atoms with Crippen LogP contribution in [0, 0.1) is 5.92 Å². The van der Waals surface area contributed by atoms with Crippen LogP contribution in [-0.2, 0) is 6.42 Å². The first-order valence-corrected chi connectivity index (χ1v) is 5.81. The van der Waals surface area contributed by atoms with E-state index in [2.05, 4.69) is 17.5 Å². The first-order valence-electron chi connectivity index (χ1n) is 4.93. The van der Waals surface area contributed by atoms with Gasteiger partial charge in [0.15, 0.2) is 0 Å². The molecule has 1 saturated carbocycles. The number of hydrogen-bond donors (Lipinski definition) is 1. The van der Waals surface area contributed by atoms with Crippen molar-refractivity contribution in [3.05, 3.63) is 22.4 Å². The van der Waals surface area contributed by atoms with Crippen molar-refractivity contribution >= 4 is 11.3 Å². The van der Waals surface area contributed by atoms with Gasteiger partial charge in [-0.15, -0.1) is 11.3 Å². The second-order valence-electron chi connectivity index (χ2n) is 4.21. The molecule has 0 saturated heterocycles. The zero-order chi connectivity index (χ0) is 9.31. The second-order valence-corrected chi connectivity index (χ2v) is 5.24. The summed E-state index contributed by atoms with van der Waals surface area (Å²) in [5.41, 5.74) is -0.413. The minimum Gasteiger partial charge on any atom is -0.390 e. The van der Waals surface area contributed by atoms with Crippen LogP contribution in [0.15, 0.2) is 17.5 Å². The van der Waals surface area contributed by atoms with E-state index in [-0.39, 0.29) is 0 Å². The van der Waals surface area contributed by atoms with Crippen molar-refractivity contribution in [2.24, 2.45) is 5.92 Å². The SMILES string of the molecule is CC(O)(CCc1cccs1)C1CC1. The van der Waals surface area contributed by atoms with Gasteiger partial charge >= 0.3 is 0 Å². The van der Waals surface area contributed by atoms with E-state index in [1.54, 1.807) is 11.3 Å². The molecule has 1 unspecified atom stereocenters. The van der Waals surface area contributed by atoms with Crippen LogP contribution in [-0.4, -0.2) is 10.7 Å². The number of hydrogen-bond acceptors (Lipinski definition) is 2. The highest BCUT2D eigenvalue weighted by Crippen LogP contribution is 2.41. The third-order valence-corrected chi connectivity index (χ3v) is 3.85. The Morgan fingerprint density at radius 1 is 1.62 bits per heavy atom. The minimum absolute atomic E-state index is 0.413. The zero-order valence-electron chi connectivity index (χ0n) is 7.99. The molecule has 2 heteroatoms. The van der Waals surface area contributed by atoms with Crippen molar-refractivity contribution in [1.29, 1.82) is 0 Å². The van der Waals surface area contributed by atoms with Gasteiger partial charge in [-0.2, -0.15) is 0 Å². The molecule has 1 aromatic rings. The van der Waals surface area contributed by atoms with E-state index in [0.29, 0.717) is 5.92 Å². The lowest BCUT2D eigenvalue weighted by Gasteiger charge is -2.22. The average molecular weight is 196 g/mol. The van der Waals surface area contributed by atoms with Gasteiger partial charge in [-0.25, -0.2) is 0 Å². The maximum absolute atomic E-state index is 10.1. The van der Waals surface area contributed by atoms with E-state index in [9.17, 15) is 5.11 Å². The van der Waals surface area contributed by atoms with Gasteiger partial charge in [-0.1, -0.05) is 6.07 Å². The minimum atomic E-state index is -0.413. The maximum atomic E-state index is 10.1. The number of thiophene rings is 1. The lowest BCUT2D eigenvalue weighted by Crippen LogP contribution is -2.27. The van der Waals surface area contributed by atoms with E-state index in [1.165, 1.54) is 17.7 Å². The predicted octanol–water partition coefficient (Wildman–Crippen LogP) is 2.84. The van der Waals surface area contributed by atoms with Gasteiger partial charge < -0.3 is 5.11 Å². The van der Waals surface area contributed by atoms with E-state index in [0.717, 1.165) is 12.8 Å². The molecule has 1 nitrogen and oxygen atoms in total. The number of rotatable bonds is 4. The van der Waals surface area contributed by atoms with Crippen LogP contribution in [0.3, 0.4) is 0 Å². The molecule has 0 aliphatic heterocycles. The van der Waals surface area contributed by atoms with E-state index in [1.807, 2.05) is 6.92 Å². The van der Waals surface area contributed by atoms with Gasteiger partial charge in [-0.3, -0.25) is 0 Å². The molecule has 0 bridgehead atoms. The monoisotopic (exact) mass is 196 g/mol. The molecule has 0 amide bonds. The van der Waals surface area contributed by atoms with Crippen LogP contribution in [0.25, 0.3) is 0 Å². The van der Waals surface area contributed by atoms with Crippen molar-refractivity contribution in [2.45, 2.75) is 38.2 Å². The van der Waals surface area contributed by atoms with E-state index < -0.39 is 5.60 Å². The molecule has 1 N–H and O–H groups in total. The van der Waals surface area contributed by atoms with Crippen molar-refractivity contribution in [3.63, 3.8) is 0 Å². The first kappa shape index (κ1) is 9.22. The summed E-state index contributed by atoms with van der Waals surface area (Å²) in [6.45, 7) is 1.98. The summed E-state index contributed by atoms with van der Waals surface area (Å²) in [5.74, 6) is 0.576. The number of aryl methyl sites for hydroxylation is 1. The molecule has 13 heavy (non-hydrogen) atoms. The molecular weight excluding hydrogens is 180 g/mol. The van der Waals surface area contributed by atoms with E-state index >= 15 is 0 Å². The van der Waals surface area contributed by atoms with Crippen molar-refractivity contribution < 1.29 is 5.11 Å². The summed E-state index contributed by atoms with van der Waals surface area (Å²) in [6.07, 6.45) is 4.38. The Labute approximate surface area is 83.4 Å². The third kappa shape index (κ3) is 2.32. The third-order valence-electron chi connectivity index (χ3n) is 2.91. The fourth-order valence-electron chi connectivity index (χ4n) is 1.74. The quantitative estimate of drug-likeness (QED) is 0.785. The summed E-state index contributed by atoms with van der Waals surface area (Å²) in [6, 6.07) is 4.22. The lowest BCUT2D eigenvalue weighted by molar-refractivity contribution is 0.0286. The lowest BCUT2D eigenvalue weighted by atomic mass is 9.94. The second kappa shape index (κ2) is 3.43. The van der Waals surface area contributed by atoms with Gasteiger partial charge in [0.05, 0.1) is 5.60 Å². The molecule has 0 spiro atoms. The summed E-state index contributed by atoms with van der Waals surface area (Å²) in [4.78, 5) is 1.39. The van der Waals surface area contributed by atoms with Gasteiger partial charge in [0.25, 0.3) is 0 Å². The topological polar surface area (TPSA) is 20.2 Å². The molecule has 2 rings (SSSR count). The molecule has 1 atom stereocenters. The first-order chi connectivity index (χ1) is 6.18. The molecular formula is C11H16OS. The van der Waals surface area contributed by atoms with Gasteiger partial charge in [0.2, 0.25) is 0 Å². The predicted molar refractivity (Wildman–Crippen MR) is 56.0 cm³/mol. The smallest absolute Gasteiger partial charge is 0.0651 e. The Morgan fingerprint density at radius 3 is 2.92 bits per heavy atom. The molecule has 1 aromatic heterocycles. The largest absolute Gasteiger partial charge is 0.390 e. The average Bonchev–Trinajstić information content (AvgIpc) is 2.82. The molecule has 0 radical (unpaired) electrons. The Bertz CT molecular complexity index is 260.